The van der Waals surface area contributed by atoms with E-state index in [0.717, 1.165) is 48.3 Å². The van der Waals surface area contributed by atoms with Gasteiger partial charge in [-0.2, -0.15) is 9.40 Å². The van der Waals surface area contributed by atoms with Crippen molar-refractivity contribution >= 4 is 33.1 Å². The molecule has 4 heterocycles. The van der Waals surface area contributed by atoms with Crippen LogP contribution in [0.15, 0.2) is 41.3 Å². The number of H-pyrrole nitrogens is 1. The van der Waals surface area contributed by atoms with Gasteiger partial charge in [-0.3, -0.25) is 14.7 Å². The fourth-order valence-electron chi connectivity index (χ4n) is 6.46. The quantitative estimate of drug-likeness (QED) is 0.352. The van der Waals surface area contributed by atoms with E-state index in [-0.39, 0.29) is 30.6 Å². The van der Waals surface area contributed by atoms with Gasteiger partial charge in [0.25, 0.3) is 0 Å². The van der Waals surface area contributed by atoms with Crippen LogP contribution < -0.4 is 10.2 Å². The van der Waals surface area contributed by atoms with Crippen LogP contribution in [-0.2, 0) is 38.1 Å². The molecule has 0 atom stereocenters. The van der Waals surface area contributed by atoms with E-state index in [9.17, 15) is 26.8 Å². The molecule has 1 aromatic heterocycles. The number of benzene rings is 2. The van der Waals surface area contributed by atoms with Gasteiger partial charge < -0.3 is 19.9 Å². The number of ether oxygens (including phenoxy) is 1. The lowest BCUT2D eigenvalue weighted by Gasteiger charge is -2.34. The molecule has 2 saturated heterocycles. The number of sulfonamides is 1. The summed E-state index contributed by atoms with van der Waals surface area (Å²) in [5, 5.41) is 10.3. The van der Waals surface area contributed by atoms with Gasteiger partial charge in [-0.15, -0.1) is 0 Å². The second kappa shape index (κ2) is 12.5. The number of hydrogen-bond donors (Lipinski definition) is 2. The molecule has 1 amide bonds. The number of nitrogens with one attached hydrogen (secondary N) is 2. The molecule has 2 aromatic carbocycles. The molecule has 0 radical (unpaired) electrons. The number of piperazine rings is 1. The van der Waals surface area contributed by atoms with Crippen molar-refractivity contribution in [1.29, 1.82) is 0 Å². The minimum absolute atomic E-state index is 0.130. The number of hydrogen-bond acceptors (Lipinski definition) is 8. The van der Waals surface area contributed by atoms with Crippen molar-refractivity contribution in [2.45, 2.75) is 50.1 Å². The van der Waals surface area contributed by atoms with E-state index in [1.807, 2.05) is 12.1 Å². The molecular formula is C32H38F2N6O5S. The highest BCUT2D eigenvalue weighted by Crippen LogP contribution is 2.43. The molecule has 3 aromatic rings. The molecule has 6 rings (SSSR count). The summed E-state index contributed by atoms with van der Waals surface area (Å²) in [4.78, 5) is 31.1. The van der Waals surface area contributed by atoms with Gasteiger partial charge in [-0.05, 0) is 64.1 Å². The zero-order valence-electron chi connectivity index (χ0n) is 26.1. The summed E-state index contributed by atoms with van der Waals surface area (Å²) < 4.78 is 61.6. The minimum atomic E-state index is -4.33. The molecule has 46 heavy (non-hydrogen) atoms. The zero-order chi connectivity index (χ0) is 32.8. The average Bonchev–Trinajstić information content (AvgIpc) is 3.55. The Bertz CT molecular complexity index is 1740. The summed E-state index contributed by atoms with van der Waals surface area (Å²) >= 11 is 0. The van der Waals surface area contributed by atoms with Crippen LogP contribution in [0.3, 0.4) is 0 Å². The Morgan fingerprint density at radius 2 is 1.72 bits per heavy atom. The van der Waals surface area contributed by atoms with Crippen molar-refractivity contribution in [3.8, 4) is 0 Å². The van der Waals surface area contributed by atoms with Crippen LogP contribution in [0, 0.1) is 17.6 Å². The Kier molecular flexibility index (Phi) is 8.74. The number of nitrogens with zero attached hydrogens (tertiary/aromatic N) is 4. The Morgan fingerprint density at radius 3 is 2.39 bits per heavy atom. The lowest BCUT2D eigenvalue weighted by molar-refractivity contribution is -0.122. The highest BCUT2D eigenvalue weighted by atomic mass is 32.2. The molecule has 11 nitrogen and oxygen atoms in total. The topological polar surface area (TPSA) is 128 Å². The van der Waals surface area contributed by atoms with Gasteiger partial charge in [0, 0.05) is 80.4 Å². The third-order valence-corrected chi connectivity index (χ3v) is 11.2. The smallest absolute Gasteiger partial charge is 0.244 e. The number of likely N-dealkylation sites (N-methyl/N-ethyl adjacent to an activating group) is 1. The largest absolute Gasteiger partial charge is 0.381 e. The van der Waals surface area contributed by atoms with Gasteiger partial charge in [0.05, 0.1) is 28.2 Å². The van der Waals surface area contributed by atoms with Crippen molar-refractivity contribution < 1.29 is 31.5 Å². The lowest BCUT2D eigenvalue weighted by Crippen LogP contribution is -2.44. The van der Waals surface area contributed by atoms with Crippen LogP contribution in [0.2, 0.25) is 0 Å². The number of amides is 1. The summed E-state index contributed by atoms with van der Waals surface area (Å²) in [5.74, 6) is -2.67. The van der Waals surface area contributed by atoms with E-state index < -0.39 is 32.1 Å². The Morgan fingerprint density at radius 1 is 1.04 bits per heavy atom. The molecule has 0 aliphatic carbocycles. The van der Waals surface area contributed by atoms with Crippen molar-refractivity contribution in [3.63, 3.8) is 0 Å². The van der Waals surface area contributed by atoms with Crippen LogP contribution in [0.4, 0.5) is 20.2 Å². The third-order valence-electron chi connectivity index (χ3n) is 9.24. The van der Waals surface area contributed by atoms with Crippen molar-refractivity contribution in [2.24, 2.45) is 5.92 Å². The van der Waals surface area contributed by atoms with E-state index in [4.69, 9.17) is 4.74 Å². The molecule has 2 fully saturated rings. The SMILES string of the molecule is CN1CCN(c2ccc(C(=O)Cc3[nH]nc4c3CN(S(=O)(=O)c3cc(F)cc(F)c3)C4(C)C)c(NC(=O)C3CCOCC3)c2)CC1. The highest BCUT2D eigenvalue weighted by molar-refractivity contribution is 7.89. The predicted octanol–water partition coefficient (Wildman–Crippen LogP) is 3.67. The monoisotopic (exact) mass is 656 g/mol. The molecule has 0 unspecified atom stereocenters. The highest BCUT2D eigenvalue weighted by Gasteiger charge is 2.48. The van der Waals surface area contributed by atoms with E-state index in [0.29, 0.717) is 60.3 Å². The molecule has 14 heteroatoms. The first-order chi connectivity index (χ1) is 21.8. The molecule has 0 spiro atoms. The standard InChI is InChI=1S/C32H38F2N6O5S/c1-32(2)30-26(19-40(32)46(43,44)24-15-21(33)14-22(34)16-24)28(36-37-30)18-29(41)25-5-4-23(39-10-8-38(3)9-11-39)17-27(25)35-31(42)20-6-12-45-13-7-20/h4-5,14-17,20H,6-13,18-19H2,1-3H3,(H,35,42)(H,36,37). The first kappa shape index (κ1) is 32.2. The summed E-state index contributed by atoms with van der Waals surface area (Å²) in [7, 11) is -2.25. The van der Waals surface area contributed by atoms with E-state index in [2.05, 4.69) is 32.4 Å². The first-order valence-electron chi connectivity index (χ1n) is 15.4. The van der Waals surface area contributed by atoms with Gasteiger partial charge in [0.1, 0.15) is 11.6 Å². The van der Waals surface area contributed by atoms with Gasteiger partial charge in [0.2, 0.25) is 15.9 Å². The lowest BCUT2D eigenvalue weighted by atomic mass is 9.97. The number of aromatic amines is 1. The number of rotatable bonds is 8. The van der Waals surface area contributed by atoms with Gasteiger partial charge in [-0.1, -0.05) is 0 Å². The normalized spacial score (nSPS) is 19.3. The molecular weight excluding hydrogens is 618 g/mol. The van der Waals surface area contributed by atoms with Crippen LogP contribution in [-0.4, -0.2) is 86.0 Å². The Hall–Kier alpha value is -3.72. The fraction of sp³-hybridized carbons (Fsp3) is 0.469. The van der Waals surface area contributed by atoms with E-state index in [1.165, 1.54) is 0 Å². The molecule has 0 saturated carbocycles. The Balaban J connectivity index is 1.27. The van der Waals surface area contributed by atoms with Crippen LogP contribution >= 0.6 is 0 Å². The van der Waals surface area contributed by atoms with E-state index >= 15 is 0 Å². The maximum Gasteiger partial charge on any atom is 0.244 e. The number of fused-ring (bicyclic) bond motifs is 1. The number of aromatic nitrogens is 2. The molecule has 246 valence electrons. The van der Waals surface area contributed by atoms with Gasteiger partial charge >= 0.3 is 0 Å². The summed E-state index contributed by atoms with van der Waals surface area (Å²) in [6.07, 6.45) is 1.07. The minimum Gasteiger partial charge on any atom is -0.381 e. The second-order valence-electron chi connectivity index (χ2n) is 12.7. The second-order valence-corrected chi connectivity index (χ2v) is 14.6. The third kappa shape index (κ3) is 6.18. The first-order valence-corrected chi connectivity index (χ1v) is 16.8. The molecule has 3 aliphatic rings. The number of carbonyl (C=O) groups is 2. The number of Topliss-reactive ketones (excluding diaryl/α,β-unsaturated/α-hetero) is 1. The zero-order valence-corrected chi connectivity index (χ0v) is 26.9. The maximum absolute atomic E-state index is 14.0. The van der Waals surface area contributed by atoms with E-state index in [1.54, 1.807) is 19.9 Å². The summed E-state index contributed by atoms with van der Waals surface area (Å²) in [5.41, 5.74) is 1.88. The number of carbonyl (C=O) groups excluding carboxylic acids is 2. The van der Waals surface area contributed by atoms with Gasteiger partial charge in [-0.25, -0.2) is 17.2 Å². The molecule has 3 aliphatic heterocycles. The molecule has 0 bridgehead atoms. The number of halogens is 2. The number of ketones is 1. The van der Waals surface area contributed by atoms with Crippen LogP contribution in [0.1, 0.15) is 54.0 Å². The maximum atomic E-state index is 14.0. The fourth-order valence-corrected chi connectivity index (χ4v) is 8.23. The Labute approximate surface area is 266 Å². The summed E-state index contributed by atoms with van der Waals surface area (Å²) in [6, 6.07) is 7.64. The van der Waals surface area contributed by atoms with Crippen LogP contribution in [0.25, 0.3) is 0 Å². The van der Waals surface area contributed by atoms with Gasteiger partial charge in [0.15, 0.2) is 5.78 Å². The van der Waals surface area contributed by atoms with Crippen molar-refractivity contribution in [2.75, 3.05) is 56.7 Å². The predicted molar refractivity (Wildman–Crippen MR) is 167 cm³/mol. The summed E-state index contributed by atoms with van der Waals surface area (Å²) in [6.45, 7) is 7.60. The molecule has 2 N–H and O–H groups in total. The van der Waals surface area contributed by atoms with Crippen LogP contribution in [0.5, 0.6) is 0 Å². The number of anilines is 2. The van der Waals surface area contributed by atoms with Crippen molar-refractivity contribution in [1.82, 2.24) is 19.4 Å². The van der Waals surface area contributed by atoms with Crippen molar-refractivity contribution in [3.05, 3.63) is 70.5 Å². The average molecular weight is 657 g/mol.